The molecule has 1 aromatic carbocycles. The lowest BCUT2D eigenvalue weighted by Gasteiger charge is -2.66. The van der Waals surface area contributed by atoms with Gasteiger partial charge in [-0.2, -0.15) is 13.8 Å². The maximum atomic E-state index is 14.1. The van der Waals surface area contributed by atoms with Crippen LogP contribution in [-0.2, 0) is 10.2 Å². The van der Waals surface area contributed by atoms with E-state index < -0.39 is 18.0 Å². The van der Waals surface area contributed by atoms with Crippen LogP contribution >= 0.6 is 15.9 Å². The van der Waals surface area contributed by atoms with E-state index in [4.69, 9.17) is 4.52 Å². The largest absolute Gasteiger partial charge is 0.333 e. The molecule has 5 nitrogen and oxygen atoms in total. The molecule has 0 atom stereocenters. The van der Waals surface area contributed by atoms with Gasteiger partial charge in [0.05, 0.1) is 0 Å². The molecular formula is C25H27BrF3N3O2. The van der Waals surface area contributed by atoms with E-state index in [1.54, 1.807) is 0 Å². The minimum absolute atomic E-state index is 0.0320. The summed E-state index contributed by atoms with van der Waals surface area (Å²) in [6, 6.07) is 7.79. The number of alkyl halides is 3. The van der Waals surface area contributed by atoms with Crippen molar-refractivity contribution in [3.63, 3.8) is 0 Å². The van der Waals surface area contributed by atoms with Gasteiger partial charge in [0, 0.05) is 28.5 Å². The van der Waals surface area contributed by atoms with Crippen LogP contribution in [0, 0.1) is 10.8 Å². The molecular weight excluding hydrogens is 511 g/mol. The first-order chi connectivity index (χ1) is 16.1. The Kier molecular flexibility index (Phi) is 5.01. The second-order valence-electron chi connectivity index (χ2n) is 11.4. The summed E-state index contributed by atoms with van der Waals surface area (Å²) in [7, 11) is 0. The average molecular weight is 538 g/mol. The van der Waals surface area contributed by atoms with E-state index in [2.05, 4.69) is 26.1 Å². The van der Waals surface area contributed by atoms with Crippen molar-refractivity contribution in [2.75, 3.05) is 11.4 Å². The van der Waals surface area contributed by atoms with E-state index in [9.17, 15) is 18.0 Å². The Morgan fingerprint density at radius 1 is 1.09 bits per heavy atom. The molecule has 1 amide bonds. The van der Waals surface area contributed by atoms with Gasteiger partial charge in [0.2, 0.25) is 5.91 Å². The van der Waals surface area contributed by atoms with Crippen molar-refractivity contribution in [1.29, 1.82) is 0 Å². The summed E-state index contributed by atoms with van der Waals surface area (Å²) >= 11 is 3.53. The van der Waals surface area contributed by atoms with Crippen LogP contribution in [0.5, 0.6) is 0 Å². The zero-order valence-corrected chi connectivity index (χ0v) is 20.4. The predicted molar refractivity (Wildman–Crippen MR) is 122 cm³/mol. The van der Waals surface area contributed by atoms with Gasteiger partial charge in [-0.3, -0.25) is 4.79 Å². The standard InChI is InChI=1S/C25H27BrF3N3O2/c26-16-2-1-3-17(10-16)32(18(33)11-23-12-25(29,13-23)14-23)15-22-4-7-24(8-5-22,9-6-22)21-30-20(19(27)28)34-31-21/h1-3,10,19H,4-9,11-15H2. The highest BCUT2D eigenvalue weighted by Crippen LogP contribution is 2.71. The van der Waals surface area contributed by atoms with Gasteiger partial charge in [-0.05, 0) is 86.8 Å². The molecule has 6 aliphatic rings. The first-order valence-corrected chi connectivity index (χ1v) is 12.8. The molecule has 1 aromatic heterocycles. The van der Waals surface area contributed by atoms with Crippen molar-refractivity contribution in [3.8, 4) is 0 Å². The van der Waals surface area contributed by atoms with Crippen molar-refractivity contribution >= 4 is 27.5 Å². The second kappa shape index (κ2) is 7.55. The fourth-order valence-corrected chi connectivity index (χ4v) is 7.53. The van der Waals surface area contributed by atoms with Crippen LogP contribution in [-0.4, -0.2) is 28.3 Å². The number of hydrogen-bond acceptors (Lipinski definition) is 4. The third-order valence-corrected chi connectivity index (χ3v) is 9.51. The van der Waals surface area contributed by atoms with Gasteiger partial charge >= 0.3 is 6.43 Å². The van der Waals surface area contributed by atoms with Gasteiger partial charge in [0.25, 0.3) is 5.89 Å². The van der Waals surface area contributed by atoms with Crippen LogP contribution < -0.4 is 4.90 Å². The molecule has 1 heterocycles. The summed E-state index contributed by atoms with van der Waals surface area (Å²) in [6.45, 7) is 0.615. The first kappa shape index (κ1) is 22.6. The van der Waals surface area contributed by atoms with Gasteiger partial charge in [-0.1, -0.05) is 27.2 Å². The molecule has 0 N–H and O–H groups in total. The lowest BCUT2D eigenvalue weighted by atomic mass is 9.41. The number of hydrogen-bond donors (Lipinski definition) is 0. The normalized spacial score (nSPS) is 35.7. The van der Waals surface area contributed by atoms with Gasteiger partial charge in [-0.15, -0.1) is 0 Å². The number of nitrogens with zero attached hydrogens (tertiary/aromatic N) is 3. The second-order valence-corrected chi connectivity index (χ2v) is 12.3. The van der Waals surface area contributed by atoms with Gasteiger partial charge < -0.3 is 9.42 Å². The van der Waals surface area contributed by atoms with Crippen LogP contribution in [0.15, 0.2) is 33.3 Å². The Morgan fingerprint density at radius 2 is 1.76 bits per heavy atom. The minimum atomic E-state index is -2.76. The van der Waals surface area contributed by atoms with Crippen molar-refractivity contribution in [2.24, 2.45) is 10.8 Å². The van der Waals surface area contributed by atoms with Crippen molar-refractivity contribution < 1.29 is 22.5 Å². The number of carbonyl (C=O) groups excluding carboxylic acids is 1. The maximum absolute atomic E-state index is 14.1. The van der Waals surface area contributed by atoms with E-state index >= 15 is 0 Å². The molecule has 4 bridgehead atoms. The van der Waals surface area contributed by atoms with Crippen LogP contribution in [0.3, 0.4) is 0 Å². The van der Waals surface area contributed by atoms with Crippen LogP contribution in [0.25, 0.3) is 0 Å². The average Bonchev–Trinajstić information content (AvgIpc) is 3.29. The quantitative estimate of drug-likeness (QED) is 0.395. The highest BCUT2D eigenvalue weighted by Gasteiger charge is 2.69. The molecule has 9 heteroatoms. The smallest absolute Gasteiger partial charge is 0.315 e. The Labute approximate surface area is 204 Å². The summed E-state index contributed by atoms with van der Waals surface area (Å²) in [5.41, 5.74) is -0.657. The zero-order valence-electron chi connectivity index (χ0n) is 18.8. The summed E-state index contributed by atoms with van der Waals surface area (Å²) in [5, 5.41) is 3.90. The molecule has 2 aromatic rings. The van der Waals surface area contributed by atoms with E-state index in [0.717, 1.165) is 48.7 Å². The third-order valence-electron chi connectivity index (χ3n) is 9.02. The molecule has 6 aliphatic carbocycles. The number of halogens is 4. The predicted octanol–water partition coefficient (Wildman–Crippen LogP) is 6.68. The SMILES string of the molecule is O=C(CC12CC(F)(C1)C2)N(CC12CCC(c3noc(C(F)F)n3)(CC1)CC2)c1cccc(Br)c1. The molecule has 34 heavy (non-hydrogen) atoms. The maximum Gasteiger partial charge on any atom is 0.315 e. The Balaban J connectivity index is 1.20. The Hall–Kier alpha value is -1.90. The van der Waals surface area contributed by atoms with Crippen molar-refractivity contribution in [1.82, 2.24) is 10.1 Å². The number of amides is 1. The first-order valence-electron chi connectivity index (χ1n) is 12.0. The molecule has 182 valence electrons. The highest BCUT2D eigenvalue weighted by molar-refractivity contribution is 9.10. The summed E-state index contributed by atoms with van der Waals surface area (Å²) < 4.78 is 45.7. The van der Waals surface area contributed by atoms with Gasteiger partial charge in [0.15, 0.2) is 5.82 Å². The number of carbonyl (C=O) groups is 1. The van der Waals surface area contributed by atoms with Crippen LogP contribution in [0.2, 0.25) is 0 Å². The minimum Gasteiger partial charge on any atom is -0.333 e. The topological polar surface area (TPSA) is 59.2 Å². The van der Waals surface area contributed by atoms with Crippen LogP contribution in [0.1, 0.15) is 82.3 Å². The van der Waals surface area contributed by atoms with Gasteiger partial charge in [0.1, 0.15) is 5.67 Å². The molecule has 0 spiro atoms. The molecule has 6 saturated carbocycles. The zero-order chi connectivity index (χ0) is 23.8. The molecule has 8 rings (SSSR count). The lowest BCUT2D eigenvalue weighted by molar-refractivity contribution is -0.215. The van der Waals surface area contributed by atoms with Gasteiger partial charge in [-0.25, -0.2) is 4.39 Å². The summed E-state index contributed by atoms with van der Waals surface area (Å²) in [6.07, 6.45) is 4.18. The van der Waals surface area contributed by atoms with E-state index in [0.29, 0.717) is 38.1 Å². The van der Waals surface area contributed by atoms with Crippen LogP contribution in [0.4, 0.5) is 18.9 Å². The third kappa shape index (κ3) is 3.60. The fourth-order valence-electron chi connectivity index (χ4n) is 7.14. The summed E-state index contributed by atoms with van der Waals surface area (Å²) in [5.74, 6) is -0.141. The number of fused-ring (bicyclic) bond motifs is 3. The molecule has 0 aliphatic heterocycles. The molecule has 0 unspecified atom stereocenters. The fraction of sp³-hybridized carbons (Fsp3) is 0.640. The van der Waals surface area contributed by atoms with Crippen molar-refractivity contribution in [2.45, 2.75) is 81.7 Å². The number of aromatic nitrogens is 2. The van der Waals surface area contributed by atoms with E-state index in [1.165, 1.54) is 0 Å². The summed E-state index contributed by atoms with van der Waals surface area (Å²) in [4.78, 5) is 19.5. The number of anilines is 1. The number of rotatable bonds is 7. The number of benzene rings is 1. The van der Waals surface area contributed by atoms with E-state index in [1.807, 2.05) is 29.2 Å². The van der Waals surface area contributed by atoms with E-state index in [-0.39, 0.29) is 22.2 Å². The molecule has 0 saturated heterocycles. The molecule has 6 fully saturated rings. The Bertz CT molecular complexity index is 1090. The molecule has 0 radical (unpaired) electrons. The monoisotopic (exact) mass is 537 g/mol. The highest BCUT2D eigenvalue weighted by atomic mass is 79.9. The lowest BCUT2D eigenvalue weighted by Crippen LogP contribution is -2.65. The van der Waals surface area contributed by atoms with Crippen molar-refractivity contribution in [3.05, 3.63) is 40.5 Å². The Morgan fingerprint density at radius 3 is 2.32 bits per heavy atom.